The van der Waals surface area contributed by atoms with Crippen molar-refractivity contribution >= 4 is 12.0 Å². The molecule has 7 heteroatoms. The van der Waals surface area contributed by atoms with Crippen molar-refractivity contribution in [1.82, 2.24) is 9.97 Å². The lowest BCUT2D eigenvalue weighted by Gasteiger charge is -2.10. The molecule has 98 valence electrons. The van der Waals surface area contributed by atoms with E-state index in [9.17, 15) is 13.6 Å². The molecule has 0 saturated heterocycles. The first-order valence-electron chi connectivity index (χ1n) is 5.03. The van der Waals surface area contributed by atoms with Gasteiger partial charge >= 0.3 is 5.97 Å². The van der Waals surface area contributed by atoms with Crippen LogP contribution in [0.2, 0.25) is 0 Å². The number of nitrogens with zero attached hydrogens (tertiary/aromatic N) is 2. The number of methoxy groups -OCH3 is 1. The minimum atomic E-state index is -3.17. The molecule has 0 aliphatic heterocycles. The van der Waals surface area contributed by atoms with Crippen LogP contribution in [0.4, 0.5) is 8.78 Å². The fourth-order valence-corrected chi connectivity index (χ4v) is 1.13. The molecule has 1 aromatic rings. The van der Waals surface area contributed by atoms with Crippen LogP contribution in [0.5, 0.6) is 0 Å². The van der Waals surface area contributed by atoms with E-state index in [1.165, 1.54) is 13.2 Å². The number of carbonyl (C=O) groups excluding carboxylic acids is 1. The Bertz CT molecular complexity index is 496. The van der Waals surface area contributed by atoms with Gasteiger partial charge in [-0.15, -0.1) is 0 Å². The highest BCUT2D eigenvalue weighted by Gasteiger charge is 2.25. The molecule has 1 rings (SSSR count). The Morgan fingerprint density at radius 3 is 2.61 bits per heavy atom. The lowest BCUT2D eigenvalue weighted by Crippen LogP contribution is -2.21. The van der Waals surface area contributed by atoms with Crippen LogP contribution in [-0.2, 0) is 4.74 Å². The Hall–Kier alpha value is -2.05. The average Bonchev–Trinajstić information content (AvgIpc) is 2.25. The molecule has 0 amide bonds. The zero-order valence-corrected chi connectivity index (χ0v) is 10.2. The molecule has 0 radical (unpaired) electrons. The summed E-state index contributed by atoms with van der Waals surface area (Å²) >= 11 is 0. The molecule has 0 bridgehead atoms. The van der Waals surface area contributed by atoms with Crippen LogP contribution >= 0.6 is 0 Å². The van der Waals surface area contributed by atoms with Crippen molar-refractivity contribution < 1.29 is 18.3 Å². The van der Waals surface area contributed by atoms with Crippen molar-refractivity contribution in [3.05, 3.63) is 29.0 Å². The van der Waals surface area contributed by atoms with Gasteiger partial charge in [0.05, 0.1) is 12.8 Å². The van der Waals surface area contributed by atoms with Crippen LogP contribution in [0.25, 0.3) is 6.08 Å². The number of alkyl halides is 2. The van der Waals surface area contributed by atoms with Gasteiger partial charge < -0.3 is 10.5 Å². The Labute approximate surface area is 103 Å². The molecular formula is C11H13F2N3O2. The van der Waals surface area contributed by atoms with E-state index in [0.717, 1.165) is 6.08 Å². The maximum atomic E-state index is 12.9. The normalized spacial score (nSPS) is 12.4. The summed E-state index contributed by atoms with van der Waals surface area (Å²) in [6, 6.07) is 1.39. The lowest BCUT2D eigenvalue weighted by atomic mass is 10.2. The summed E-state index contributed by atoms with van der Waals surface area (Å²) in [6.45, 7) is 2.27. The molecule has 0 unspecified atom stereocenters. The fraction of sp³-hybridized carbons (Fsp3) is 0.364. The molecule has 1 aromatic heterocycles. The lowest BCUT2D eigenvalue weighted by molar-refractivity contribution is 0.0593. The zero-order chi connectivity index (χ0) is 13.9. The van der Waals surface area contributed by atoms with Crippen LogP contribution in [0.3, 0.4) is 0 Å². The third kappa shape index (κ3) is 3.47. The highest BCUT2D eigenvalue weighted by molar-refractivity contribution is 5.87. The molecule has 0 aliphatic rings. The number of hydrogen-bond donors (Lipinski definition) is 1. The summed E-state index contributed by atoms with van der Waals surface area (Å²) in [4.78, 5) is 19.0. The molecular weight excluding hydrogens is 244 g/mol. The largest absolute Gasteiger partial charge is 0.464 e. The Morgan fingerprint density at radius 1 is 1.50 bits per heavy atom. The maximum Gasteiger partial charge on any atom is 0.356 e. The predicted molar refractivity (Wildman–Crippen MR) is 60.9 cm³/mol. The number of aryl methyl sites for hydroxylation is 1. The van der Waals surface area contributed by atoms with E-state index in [4.69, 9.17) is 5.73 Å². The standard InChI is InChI=1S/C11H13F2N3O2/c1-6-4-7(10(17)18-3)16-9(15-6)5-8(14)11(2,12)13/h4-5H,14H2,1-3H3. The summed E-state index contributed by atoms with van der Waals surface area (Å²) in [7, 11) is 1.20. The number of carbonyl (C=O) groups is 1. The number of ether oxygens (including phenoxy) is 1. The van der Waals surface area contributed by atoms with E-state index in [0.29, 0.717) is 12.6 Å². The summed E-state index contributed by atoms with van der Waals surface area (Å²) < 4.78 is 30.3. The Kier molecular flexibility index (Phi) is 3.95. The highest BCUT2D eigenvalue weighted by Crippen LogP contribution is 2.20. The first-order valence-corrected chi connectivity index (χ1v) is 5.03. The molecule has 0 spiro atoms. The van der Waals surface area contributed by atoms with Crippen molar-refractivity contribution in [3.63, 3.8) is 0 Å². The Morgan fingerprint density at radius 2 is 2.11 bits per heavy atom. The number of aromatic nitrogens is 2. The molecule has 5 nitrogen and oxygen atoms in total. The quantitative estimate of drug-likeness (QED) is 0.831. The smallest absolute Gasteiger partial charge is 0.356 e. The number of allylic oxidation sites excluding steroid dienone is 1. The molecule has 1 heterocycles. The predicted octanol–water partition coefficient (Wildman–Crippen LogP) is 1.53. The first kappa shape index (κ1) is 14.0. The highest BCUT2D eigenvalue weighted by atomic mass is 19.3. The Balaban J connectivity index is 3.19. The van der Waals surface area contributed by atoms with Crippen LogP contribution in [0.15, 0.2) is 11.8 Å². The van der Waals surface area contributed by atoms with Gasteiger partial charge in [0.1, 0.15) is 0 Å². The second-order valence-corrected chi connectivity index (χ2v) is 3.73. The fourth-order valence-electron chi connectivity index (χ4n) is 1.13. The van der Waals surface area contributed by atoms with Gasteiger partial charge in [0.25, 0.3) is 5.92 Å². The van der Waals surface area contributed by atoms with Gasteiger partial charge in [-0.05, 0) is 13.0 Å². The van der Waals surface area contributed by atoms with Gasteiger partial charge in [-0.25, -0.2) is 23.5 Å². The van der Waals surface area contributed by atoms with Crippen LogP contribution in [0, 0.1) is 6.92 Å². The van der Waals surface area contributed by atoms with Crippen molar-refractivity contribution in [1.29, 1.82) is 0 Å². The van der Waals surface area contributed by atoms with E-state index in [1.54, 1.807) is 6.92 Å². The summed E-state index contributed by atoms with van der Waals surface area (Å²) in [5.74, 6) is -3.90. The molecule has 2 N–H and O–H groups in total. The van der Waals surface area contributed by atoms with E-state index < -0.39 is 17.6 Å². The van der Waals surface area contributed by atoms with Crippen LogP contribution in [0.1, 0.15) is 28.9 Å². The maximum absolute atomic E-state index is 12.9. The molecule has 0 fully saturated rings. The summed E-state index contributed by atoms with van der Waals surface area (Å²) in [5.41, 5.74) is 4.97. The SMILES string of the molecule is COC(=O)c1cc(C)nc(C=C(N)C(C)(F)F)n1. The number of esters is 1. The van der Waals surface area contributed by atoms with Crippen LogP contribution in [-0.4, -0.2) is 29.0 Å². The molecule has 0 atom stereocenters. The third-order valence-corrected chi connectivity index (χ3v) is 2.06. The van der Waals surface area contributed by atoms with Crippen molar-refractivity contribution in [2.75, 3.05) is 7.11 Å². The number of halogens is 2. The number of nitrogens with two attached hydrogens (primary N) is 1. The topological polar surface area (TPSA) is 78.1 Å². The van der Waals surface area contributed by atoms with Gasteiger partial charge in [-0.3, -0.25) is 0 Å². The number of hydrogen-bond acceptors (Lipinski definition) is 5. The van der Waals surface area contributed by atoms with Gasteiger partial charge in [-0.1, -0.05) is 0 Å². The molecule has 18 heavy (non-hydrogen) atoms. The molecule has 0 aliphatic carbocycles. The number of rotatable bonds is 3. The zero-order valence-electron chi connectivity index (χ0n) is 10.2. The monoisotopic (exact) mass is 257 g/mol. The average molecular weight is 257 g/mol. The van der Waals surface area contributed by atoms with Crippen molar-refractivity contribution in [3.8, 4) is 0 Å². The van der Waals surface area contributed by atoms with Crippen molar-refractivity contribution in [2.45, 2.75) is 19.8 Å². The van der Waals surface area contributed by atoms with Gasteiger partial charge in [0, 0.05) is 18.7 Å². The molecule has 0 saturated carbocycles. The van der Waals surface area contributed by atoms with Crippen molar-refractivity contribution in [2.24, 2.45) is 5.73 Å². The van der Waals surface area contributed by atoms with Gasteiger partial charge in [0.15, 0.2) is 11.5 Å². The van der Waals surface area contributed by atoms with E-state index >= 15 is 0 Å². The second-order valence-electron chi connectivity index (χ2n) is 3.73. The summed E-state index contributed by atoms with van der Waals surface area (Å²) in [5, 5.41) is 0. The minimum Gasteiger partial charge on any atom is -0.464 e. The first-order chi connectivity index (χ1) is 8.24. The van der Waals surface area contributed by atoms with Crippen LogP contribution < -0.4 is 5.73 Å². The minimum absolute atomic E-state index is 0.0107. The summed E-state index contributed by atoms with van der Waals surface area (Å²) in [6.07, 6.45) is 0.930. The van der Waals surface area contributed by atoms with Gasteiger partial charge in [0.2, 0.25) is 0 Å². The second kappa shape index (κ2) is 5.07. The van der Waals surface area contributed by atoms with E-state index in [1.807, 2.05) is 0 Å². The third-order valence-electron chi connectivity index (χ3n) is 2.06. The van der Waals surface area contributed by atoms with E-state index in [2.05, 4.69) is 14.7 Å². The van der Waals surface area contributed by atoms with E-state index in [-0.39, 0.29) is 11.5 Å². The van der Waals surface area contributed by atoms with Gasteiger partial charge in [-0.2, -0.15) is 0 Å². The molecule has 0 aromatic carbocycles.